The molecule has 1 aliphatic rings. The second-order valence-electron chi connectivity index (χ2n) is 4.06. The average Bonchev–Trinajstić information content (AvgIpc) is 2.38. The molecule has 0 spiro atoms. The lowest BCUT2D eigenvalue weighted by Crippen LogP contribution is -2.16. The molecule has 3 heteroatoms. The molecule has 2 N–H and O–H groups in total. The van der Waals surface area contributed by atoms with E-state index < -0.39 is 0 Å². The molecule has 0 bridgehead atoms. The molecule has 1 aromatic rings. The third-order valence-electron chi connectivity index (χ3n) is 2.96. The monoisotopic (exact) mass is 221 g/mol. The van der Waals surface area contributed by atoms with Crippen LogP contribution >= 0.6 is 0 Å². The van der Waals surface area contributed by atoms with Crippen LogP contribution in [0.5, 0.6) is 5.75 Å². The molecule has 16 heavy (non-hydrogen) atoms. The molecule has 0 saturated carbocycles. The zero-order chi connectivity index (χ0) is 11.2. The summed E-state index contributed by atoms with van der Waals surface area (Å²) < 4.78 is 11.1. The van der Waals surface area contributed by atoms with Crippen LogP contribution in [-0.2, 0) is 4.74 Å². The van der Waals surface area contributed by atoms with Crippen molar-refractivity contribution in [2.24, 2.45) is 5.73 Å². The molecular formula is C13H19NO2. The van der Waals surface area contributed by atoms with E-state index in [4.69, 9.17) is 15.2 Å². The maximum atomic E-state index is 5.67. The standard InChI is InChI=1S/C13H19NO2/c14-7-10-16-13-4-2-1-3-12(13)11-5-8-15-9-6-11/h1-4,11H,5-10,14H2. The van der Waals surface area contributed by atoms with E-state index in [9.17, 15) is 0 Å². The lowest BCUT2D eigenvalue weighted by atomic mass is 9.91. The molecule has 0 aliphatic carbocycles. The van der Waals surface area contributed by atoms with Gasteiger partial charge in [-0.15, -0.1) is 0 Å². The molecule has 0 amide bonds. The normalized spacial score (nSPS) is 17.3. The minimum Gasteiger partial charge on any atom is -0.492 e. The van der Waals surface area contributed by atoms with E-state index in [0.29, 0.717) is 19.1 Å². The van der Waals surface area contributed by atoms with E-state index in [1.165, 1.54) is 5.56 Å². The predicted molar refractivity (Wildman–Crippen MR) is 63.8 cm³/mol. The van der Waals surface area contributed by atoms with Gasteiger partial charge in [-0.05, 0) is 30.4 Å². The Morgan fingerprint density at radius 1 is 1.25 bits per heavy atom. The molecule has 0 atom stereocenters. The van der Waals surface area contributed by atoms with Gasteiger partial charge >= 0.3 is 0 Å². The van der Waals surface area contributed by atoms with Gasteiger partial charge in [-0.3, -0.25) is 0 Å². The second-order valence-corrected chi connectivity index (χ2v) is 4.06. The fourth-order valence-electron chi connectivity index (χ4n) is 2.13. The minimum absolute atomic E-state index is 0.558. The second kappa shape index (κ2) is 5.87. The smallest absolute Gasteiger partial charge is 0.122 e. The van der Waals surface area contributed by atoms with Crippen molar-refractivity contribution < 1.29 is 9.47 Å². The van der Waals surface area contributed by atoms with Gasteiger partial charge in [0.05, 0.1) is 0 Å². The van der Waals surface area contributed by atoms with Gasteiger partial charge in [0, 0.05) is 19.8 Å². The molecule has 0 radical (unpaired) electrons. The highest BCUT2D eigenvalue weighted by Crippen LogP contribution is 2.33. The summed E-state index contributed by atoms with van der Waals surface area (Å²) in [6, 6.07) is 8.26. The van der Waals surface area contributed by atoms with E-state index in [0.717, 1.165) is 31.8 Å². The van der Waals surface area contributed by atoms with Gasteiger partial charge in [0.15, 0.2) is 0 Å². The highest BCUT2D eigenvalue weighted by atomic mass is 16.5. The van der Waals surface area contributed by atoms with Crippen LogP contribution < -0.4 is 10.5 Å². The van der Waals surface area contributed by atoms with Gasteiger partial charge in [0.2, 0.25) is 0 Å². The largest absolute Gasteiger partial charge is 0.492 e. The minimum atomic E-state index is 0.558. The first kappa shape index (κ1) is 11.4. The maximum absolute atomic E-state index is 5.67. The molecule has 1 aromatic carbocycles. The molecule has 0 unspecified atom stereocenters. The number of hydrogen-bond donors (Lipinski definition) is 1. The highest BCUT2D eigenvalue weighted by molar-refractivity contribution is 5.36. The number of rotatable bonds is 4. The molecule has 3 nitrogen and oxygen atoms in total. The number of nitrogens with two attached hydrogens (primary N) is 1. The Balaban J connectivity index is 2.11. The van der Waals surface area contributed by atoms with E-state index in [1.54, 1.807) is 0 Å². The van der Waals surface area contributed by atoms with Gasteiger partial charge < -0.3 is 15.2 Å². The number of ether oxygens (including phenoxy) is 2. The molecule has 1 fully saturated rings. The summed E-state index contributed by atoms with van der Waals surface area (Å²) in [6.07, 6.45) is 2.17. The molecule has 1 aliphatic heterocycles. The summed E-state index contributed by atoms with van der Waals surface area (Å²) in [5.74, 6) is 1.56. The summed E-state index contributed by atoms with van der Waals surface area (Å²) in [7, 11) is 0. The fraction of sp³-hybridized carbons (Fsp3) is 0.538. The van der Waals surface area contributed by atoms with Crippen molar-refractivity contribution in [2.75, 3.05) is 26.4 Å². The molecule has 1 saturated heterocycles. The van der Waals surface area contributed by atoms with Crippen LogP contribution in [0.4, 0.5) is 0 Å². The maximum Gasteiger partial charge on any atom is 0.122 e. The van der Waals surface area contributed by atoms with Crippen molar-refractivity contribution in [1.82, 2.24) is 0 Å². The summed E-state index contributed by atoms with van der Waals surface area (Å²) in [5, 5.41) is 0. The van der Waals surface area contributed by atoms with E-state index in [-0.39, 0.29) is 0 Å². The quantitative estimate of drug-likeness (QED) is 0.844. The van der Waals surface area contributed by atoms with Gasteiger partial charge in [-0.2, -0.15) is 0 Å². The first-order valence-electron chi connectivity index (χ1n) is 5.91. The SMILES string of the molecule is NCCOc1ccccc1C1CCOCC1. The molecule has 88 valence electrons. The van der Waals surface area contributed by atoms with Crippen LogP contribution in [0.2, 0.25) is 0 Å². The zero-order valence-corrected chi connectivity index (χ0v) is 9.52. The first-order chi connectivity index (χ1) is 7.92. The molecular weight excluding hydrogens is 202 g/mol. The highest BCUT2D eigenvalue weighted by Gasteiger charge is 2.18. The van der Waals surface area contributed by atoms with Gasteiger partial charge in [-0.25, -0.2) is 0 Å². The number of para-hydroxylation sites is 1. The Bertz CT molecular complexity index is 321. The molecule has 1 heterocycles. The number of benzene rings is 1. The Kier molecular flexibility index (Phi) is 4.19. The first-order valence-corrected chi connectivity index (χ1v) is 5.91. The summed E-state index contributed by atoms with van der Waals surface area (Å²) >= 11 is 0. The Morgan fingerprint density at radius 2 is 2.00 bits per heavy atom. The lowest BCUT2D eigenvalue weighted by Gasteiger charge is -2.24. The fourth-order valence-corrected chi connectivity index (χ4v) is 2.13. The van der Waals surface area contributed by atoms with Crippen molar-refractivity contribution >= 4 is 0 Å². The lowest BCUT2D eigenvalue weighted by molar-refractivity contribution is 0.0846. The third kappa shape index (κ3) is 2.74. The average molecular weight is 221 g/mol. The van der Waals surface area contributed by atoms with Crippen molar-refractivity contribution in [1.29, 1.82) is 0 Å². The van der Waals surface area contributed by atoms with Gasteiger partial charge in [0.1, 0.15) is 12.4 Å². The van der Waals surface area contributed by atoms with Crippen LogP contribution in [0.3, 0.4) is 0 Å². The van der Waals surface area contributed by atoms with Crippen molar-refractivity contribution in [3.8, 4) is 5.75 Å². The van der Waals surface area contributed by atoms with Crippen LogP contribution in [0.1, 0.15) is 24.3 Å². The Hall–Kier alpha value is -1.06. The molecule has 2 rings (SSSR count). The van der Waals surface area contributed by atoms with Crippen molar-refractivity contribution in [2.45, 2.75) is 18.8 Å². The van der Waals surface area contributed by atoms with Crippen LogP contribution in [0.15, 0.2) is 24.3 Å². The van der Waals surface area contributed by atoms with Crippen LogP contribution in [0, 0.1) is 0 Å². The predicted octanol–water partition coefficient (Wildman–Crippen LogP) is 1.92. The Labute approximate surface area is 96.5 Å². The van der Waals surface area contributed by atoms with E-state index in [1.807, 2.05) is 12.1 Å². The number of hydrogen-bond acceptors (Lipinski definition) is 3. The van der Waals surface area contributed by atoms with E-state index >= 15 is 0 Å². The van der Waals surface area contributed by atoms with Crippen LogP contribution in [-0.4, -0.2) is 26.4 Å². The topological polar surface area (TPSA) is 44.5 Å². The van der Waals surface area contributed by atoms with E-state index in [2.05, 4.69) is 12.1 Å². The van der Waals surface area contributed by atoms with Gasteiger partial charge in [-0.1, -0.05) is 18.2 Å². The van der Waals surface area contributed by atoms with Gasteiger partial charge in [0.25, 0.3) is 0 Å². The zero-order valence-electron chi connectivity index (χ0n) is 9.52. The Morgan fingerprint density at radius 3 is 2.75 bits per heavy atom. The van der Waals surface area contributed by atoms with Crippen LogP contribution in [0.25, 0.3) is 0 Å². The summed E-state index contributed by atoms with van der Waals surface area (Å²) in [4.78, 5) is 0. The summed E-state index contributed by atoms with van der Waals surface area (Å²) in [5.41, 5.74) is 6.76. The third-order valence-corrected chi connectivity index (χ3v) is 2.96. The van der Waals surface area contributed by atoms with Crippen molar-refractivity contribution in [3.05, 3.63) is 29.8 Å². The summed E-state index contributed by atoms with van der Waals surface area (Å²) in [6.45, 7) is 2.86. The van der Waals surface area contributed by atoms with Crippen molar-refractivity contribution in [3.63, 3.8) is 0 Å². The molecule has 0 aromatic heterocycles.